The van der Waals surface area contributed by atoms with Gasteiger partial charge in [-0.25, -0.2) is 9.97 Å². The molecule has 4 rings (SSSR count). The molecule has 0 aliphatic rings. The van der Waals surface area contributed by atoms with Crippen molar-refractivity contribution in [1.29, 1.82) is 0 Å². The number of nitrogens with one attached hydrogen (secondary N) is 5. The van der Waals surface area contributed by atoms with Crippen LogP contribution in [0.15, 0.2) is 60.8 Å². The van der Waals surface area contributed by atoms with Crippen molar-refractivity contribution in [3.8, 4) is 0 Å². The number of carbonyl (C=O) groups excluding carboxylic acids is 3. The average molecular weight is 571 g/mol. The highest BCUT2D eigenvalue weighted by Crippen LogP contribution is 2.22. The number of nitrogens with two attached hydrogens (primary N) is 1. The van der Waals surface area contributed by atoms with E-state index in [0.717, 1.165) is 6.42 Å². The number of imidazole rings is 1. The number of fused-ring (bicyclic) bond motifs is 1. The van der Waals surface area contributed by atoms with Crippen LogP contribution in [0.2, 0.25) is 0 Å². The topological polar surface area (TPSA) is 183 Å². The van der Waals surface area contributed by atoms with Gasteiger partial charge in [0.15, 0.2) is 0 Å². The molecule has 0 bridgehead atoms. The zero-order valence-corrected chi connectivity index (χ0v) is 23.7. The molecule has 7 N–H and O–H groups in total. The van der Waals surface area contributed by atoms with Crippen LogP contribution < -0.4 is 27.0 Å². The van der Waals surface area contributed by atoms with Crippen LogP contribution in [0.3, 0.4) is 0 Å². The summed E-state index contributed by atoms with van der Waals surface area (Å²) in [6.45, 7) is 3.52. The van der Waals surface area contributed by atoms with E-state index in [1.807, 2.05) is 25.9 Å². The van der Waals surface area contributed by atoms with Gasteiger partial charge in [0, 0.05) is 42.3 Å². The molecule has 0 fully saturated rings. The second kappa shape index (κ2) is 13.9. The highest BCUT2D eigenvalue weighted by Gasteiger charge is 2.16. The third-order valence-corrected chi connectivity index (χ3v) is 5.96. The van der Waals surface area contributed by atoms with Crippen LogP contribution in [-0.4, -0.2) is 69.7 Å². The summed E-state index contributed by atoms with van der Waals surface area (Å²) in [5.41, 5.74) is 8.59. The normalized spacial score (nSPS) is 11.1. The maximum absolute atomic E-state index is 13.2. The minimum atomic E-state index is -0.515. The van der Waals surface area contributed by atoms with Crippen molar-refractivity contribution in [2.45, 2.75) is 19.9 Å². The van der Waals surface area contributed by atoms with Crippen molar-refractivity contribution in [2.75, 3.05) is 43.1 Å². The van der Waals surface area contributed by atoms with Gasteiger partial charge >= 0.3 is 0 Å². The third-order valence-electron chi connectivity index (χ3n) is 5.96. The number of aromatic nitrogens is 4. The quantitative estimate of drug-likeness (QED) is 0.132. The first-order valence-corrected chi connectivity index (χ1v) is 13.4. The summed E-state index contributed by atoms with van der Waals surface area (Å²) >= 11 is 0. The van der Waals surface area contributed by atoms with E-state index in [9.17, 15) is 14.4 Å². The van der Waals surface area contributed by atoms with E-state index in [-0.39, 0.29) is 29.9 Å². The maximum Gasteiger partial charge on any atom is 0.260 e. The first-order valence-electron chi connectivity index (χ1n) is 13.4. The van der Waals surface area contributed by atoms with Crippen LogP contribution >= 0.6 is 0 Å². The number of rotatable bonds is 13. The summed E-state index contributed by atoms with van der Waals surface area (Å²) in [7, 11) is 3.85. The van der Waals surface area contributed by atoms with Crippen molar-refractivity contribution in [3.63, 3.8) is 0 Å². The van der Waals surface area contributed by atoms with E-state index < -0.39 is 5.91 Å². The molecule has 0 radical (unpaired) electrons. The summed E-state index contributed by atoms with van der Waals surface area (Å²) in [6, 6.07) is 11.9. The number of primary amides is 1. The molecule has 42 heavy (non-hydrogen) atoms. The van der Waals surface area contributed by atoms with Crippen LogP contribution in [0.1, 0.15) is 39.9 Å². The molecule has 0 unspecified atom stereocenters. The van der Waals surface area contributed by atoms with Crippen molar-refractivity contribution in [3.05, 3.63) is 77.8 Å². The van der Waals surface area contributed by atoms with Gasteiger partial charge in [-0.3, -0.25) is 14.4 Å². The molecule has 0 atom stereocenters. The van der Waals surface area contributed by atoms with Crippen LogP contribution in [-0.2, 0) is 11.3 Å². The number of H-pyrrole nitrogens is 1. The van der Waals surface area contributed by atoms with E-state index in [1.54, 1.807) is 48.5 Å². The Bertz CT molecular complexity index is 1600. The number of carbonyl (C=O) groups is 3. The smallest absolute Gasteiger partial charge is 0.260 e. The second-order valence-electron chi connectivity index (χ2n) is 9.70. The van der Waals surface area contributed by atoms with E-state index in [0.29, 0.717) is 52.7 Å². The Morgan fingerprint density at radius 1 is 1.05 bits per heavy atom. The number of amides is 3. The lowest BCUT2D eigenvalue weighted by atomic mass is 10.2. The molecule has 2 heterocycles. The molecular weight excluding hydrogens is 536 g/mol. The Morgan fingerprint density at radius 2 is 1.81 bits per heavy atom. The molecule has 0 aliphatic carbocycles. The second-order valence-corrected chi connectivity index (χ2v) is 9.70. The fourth-order valence-electron chi connectivity index (χ4n) is 3.86. The lowest BCUT2D eigenvalue weighted by molar-refractivity contribution is -0.116. The molecule has 0 aliphatic heterocycles. The van der Waals surface area contributed by atoms with E-state index in [2.05, 4.69) is 41.2 Å². The van der Waals surface area contributed by atoms with Crippen molar-refractivity contribution >= 4 is 51.9 Å². The summed E-state index contributed by atoms with van der Waals surface area (Å²) in [5, 5.41) is 11.9. The molecule has 13 nitrogen and oxygen atoms in total. The van der Waals surface area contributed by atoms with E-state index in [4.69, 9.17) is 5.73 Å². The fourth-order valence-corrected chi connectivity index (χ4v) is 3.86. The average Bonchev–Trinajstić information content (AvgIpc) is 3.37. The molecule has 2 aromatic carbocycles. The van der Waals surface area contributed by atoms with E-state index in [1.165, 1.54) is 12.3 Å². The van der Waals surface area contributed by atoms with Gasteiger partial charge in [-0.1, -0.05) is 13.0 Å². The standard InChI is InChI=1S/C29H34N10O3/c1-4-13-31-27-21(16-33-29(38-27)35-19-9-7-18(8-10-19)26(30)41)28(42)34-20-11-12-22-23(15-20)37-24(36-22)17-32-25(40)6-5-14-39(2)3/h5-12,15-16H,4,13-14,17H2,1-3H3,(H2,30,41)(H,32,40)(H,34,42)(H,36,37)(H2,31,33,35,38). The van der Waals surface area contributed by atoms with Gasteiger partial charge in [-0.05, 0) is 63.0 Å². The molecule has 218 valence electrons. The molecule has 0 saturated carbocycles. The Balaban J connectivity index is 1.44. The first-order chi connectivity index (χ1) is 20.2. The van der Waals surface area contributed by atoms with Crippen molar-refractivity contribution < 1.29 is 14.4 Å². The predicted molar refractivity (Wildman–Crippen MR) is 163 cm³/mol. The Morgan fingerprint density at radius 3 is 2.52 bits per heavy atom. The molecule has 2 aromatic heterocycles. The zero-order valence-electron chi connectivity index (χ0n) is 23.7. The monoisotopic (exact) mass is 570 g/mol. The number of likely N-dealkylation sites (N-methyl/N-ethyl adjacent to an activating group) is 1. The minimum absolute atomic E-state index is 0.206. The Hall–Kier alpha value is -5.30. The summed E-state index contributed by atoms with van der Waals surface area (Å²) in [4.78, 5) is 55.0. The van der Waals surface area contributed by atoms with Gasteiger partial charge in [0.05, 0.1) is 17.6 Å². The number of aromatic amines is 1. The lowest BCUT2D eigenvalue weighted by Crippen LogP contribution is -2.21. The highest BCUT2D eigenvalue weighted by molar-refractivity contribution is 6.08. The molecule has 4 aromatic rings. The van der Waals surface area contributed by atoms with Crippen LogP contribution in [0, 0.1) is 0 Å². The molecule has 3 amide bonds. The zero-order chi connectivity index (χ0) is 30.1. The summed E-state index contributed by atoms with van der Waals surface area (Å²) in [6.07, 6.45) is 5.55. The minimum Gasteiger partial charge on any atom is -0.369 e. The van der Waals surface area contributed by atoms with E-state index >= 15 is 0 Å². The van der Waals surface area contributed by atoms with Crippen LogP contribution in [0.25, 0.3) is 11.0 Å². The van der Waals surface area contributed by atoms with Crippen LogP contribution in [0.5, 0.6) is 0 Å². The largest absolute Gasteiger partial charge is 0.369 e. The van der Waals surface area contributed by atoms with Crippen LogP contribution in [0.4, 0.5) is 23.1 Å². The SMILES string of the molecule is CCCNc1nc(Nc2ccc(C(N)=O)cc2)ncc1C(=O)Nc1ccc2nc(CNC(=O)C=CCN(C)C)[nH]c2c1. The summed E-state index contributed by atoms with van der Waals surface area (Å²) in [5.74, 6) is 0.141. The highest BCUT2D eigenvalue weighted by atomic mass is 16.2. The molecular formula is C29H34N10O3. The van der Waals surface area contributed by atoms with Gasteiger partial charge in [0.25, 0.3) is 5.91 Å². The maximum atomic E-state index is 13.2. The van der Waals surface area contributed by atoms with Gasteiger partial charge < -0.3 is 36.9 Å². The van der Waals surface area contributed by atoms with Gasteiger partial charge in [-0.15, -0.1) is 0 Å². The first kappa shape index (κ1) is 29.7. The number of benzene rings is 2. The van der Waals surface area contributed by atoms with Crippen molar-refractivity contribution in [2.24, 2.45) is 5.73 Å². The molecule has 0 saturated heterocycles. The number of hydrogen-bond acceptors (Lipinski definition) is 9. The number of hydrogen-bond donors (Lipinski definition) is 6. The Kier molecular flexibility index (Phi) is 9.79. The third kappa shape index (κ3) is 8.11. The fraction of sp³-hybridized carbons (Fsp3) is 0.241. The van der Waals surface area contributed by atoms with Gasteiger partial charge in [0.1, 0.15) is 17.2 Å². The molecule has 13 heteroatoms. The van der Waals surface area contributed by atoms with Gasteiger partial charge in [0.2, 0.25) is 17.8 Å². The number of nitrogens with zero attached hydrogens (tertiary/aromatic N) is 4. The lowest BCUT2D eigenvalue weighted by Gasteiger charge is -2.13. The molecule has 0 spiro atoms. The van der Waals surface area contributed by atoms with Gasteiger partial charge in [-0.2, -0.15) is 4.98 Å². The summed E-state index contributed by atoms with van der Waals surface area (Å²) < 4.78 is 0. The van der Waals surface area contributed by atoms with Crippen molar-refractivity contribution in [1.82, 2.24) is 30.2 Å². The Labute approximate surface area is 243 Å². The predicted octanol–water partition coefficient (Wildman–Crippen LogP) is 3.00. The number of anilines is 4.